The van der Waals surface area contributed by atoms with Gasteiger partial charge in [-0.1, -0.05) is 0 Å². The third-order valence-corrected chi connectivity index (χ3v) is 4.44. The minimum Gasteiger partial charge on any atom is -0.380 e. The van der Waals surface area contributed by atoms with Crippen LogP contribution in [0.2, 0.25) is 0 Å². The molecule has 1 amide bonds. The molecule has 6 heteroatoms. The summed E-state index contributed by atoms with van der Waals surface area (Å²) in [5.41, 5.74) is 0.678. The van der Waals surface area contributed by atoms with Gasteiger partial charge in [0.15, 0.2) is 0 Å². The van der Waals surface area contributed by atoms with Crippen molar-refractivity contribution in [3.05, 3.63) is 23.9 Å². The number of anilines is 1. The average Bonchev–Trinajstić information content (AvgIpc) is 2.89. The predicted molar refractivity (Wildman–Crippen MR) is 89.7 cm³/mol. The second-order valence-corrected chi connectivity index (χ2v) is 6.31. The lowest BCUT2D eigenvalue weighted by molar-refractivity contribution is 0.0724. The standard InChI is InChI=1S/C17H26N4O2/c22-17(21-7-2-1-3-8-21)15-4-5-16(20-12-15)19-11-14-10-18-6-9-23-13-14/h4-5,12,14,18H,1-3,6-11,13H2,(H,19,20)/t14-/m0/s1. The number of hydrogen-bond acceptors (Lipinski definition) is 5. The van der Waals surface area contributed by atoms with Crippen LogP contribution in [0.3, 0.4) is 0 Å². The Hall–Kier alpha value is -1.66. The molecule has 1 aromatic heterocycles. The monoisotopic (exact) mass is 318 g/mol. The molecule has 3 heterocycles. The number of amides is 1. The Morgan fingerprint density at radius 3 is 3.00 bits per heavy atom. The first-order chi connectivity index (χ1) is 11.3. The van der Waals surface area contributed by atoms with E-state index in [1.807, 2.05) is 17.0 Å². The zero-order valence-corrected chi connectivity index (χ0v) is 13.6. The van der Waals surface area contributed by atoms with E-state index in [0.29, 0.717) is 11.5 Å². The SMILES string of the molecule is O=C(c1ccc(NC[C@@H]2CNCCOC2)nc1)N1CCCCC1. The number of nitrogens with one attached hydrogen (secondary N) is 2. The van der Waals surface area contributed by atoms with Gasteiger partial charge in [-0.05, 0) is 31.4 Å². The van der Waals surface area contributed by atoms with Gasteiger partial charge in [-0.2, -0.15) is 0 Å². The summed E-state index contributed by atoms with van der Waals surface area (Å²) in [6.07, 6.45) is 5.12. The lowest BCUT2D eigenvalue weighted by Crippen LogP contribution is -2.35. The van der Waals surface area contributed by atoms with Crippen molar-refractivity contribution in [2.24, 2.45) is 5.92 Å². The van der Waals surface area contributed by atoms with Gasteiger partial charge < -0.3 is 20.3 Å². The van der Waals surface area contributed by atoms with E-state index in [9.17, 15) is 4.79 Å². The molecular weight excluding hydrogens is 292 g/mol. The highest BCUT2D eigenvalue weighted by atomic mass is 16.5. The molecular formula is C17H26N4O2. The van der Waals surface area contributed by atoms with Gasteiger partial charge in [0, 0.05) is 44.8 Å². The van der Waals surface area contributed by atoms with Gasteiger partial charge in [-0.25, -0.2) is 4.98 Å². The van der Waals surface area contributed by atoms with Crippen LogP contribution in [0.25, 0.3) is 0 Å². The van der Waals surface area contributed by atoms with Crippen LogP contribution in [0.5, 0.6) is 0 Å². The number of rotatable bonds is 4. The van der Waals surface area contributed by atoms with E-state index in [-0.39, 0.29) is 5.91 Å². The maximum absolute atomic E-state index is 12.4. The third kappa shape index (κ3) is 4.65. The van der Waals surface area contributed by atoms with Gasteiger partial charge in [0.05, 0.1) is 18.8 Å². The number of carbonyl (C=O) groups excluding carboxylic acids is 1. The molecule has 3 rings (SSSR count). The lowest BCUT2D eigenvalue weighted by Gasteiger charge is -2.26. The molecule has 2 aliphatic heterocycles. The minimum atomic E-state index is 0.102. The van der Waals surface area contributed by atoms with E-state index in [1.165, 1.54) is 6.42 Å². The Balaban J connectivity index is 1.51. The van der Waals surface area contributed by atoms with Crippen LogP contribution in [0, 0.1) is 5.92 Å². The normalized spacial score (nSPS) is 22.4. The predicted octanol–water partition coefficient (Wildman–Crippen LogP) is 1.36. The molecule has 0 spiro atoms. The molecule has 2 N–H and O–H groups in total. The van der Waals surface area contributed by atoms with Crippen molar-refractivity contribution in [1.82, 2.24) is 15.2 Å². The molecule has 0 aliphatic carbocycles. The Morgan fingerprint density at radius 2 is 2.22 bits per heavy atom. The quantitative estimate of drug-likeness (QED) is 0.877. The van der Waals surface area contributed by atoms with Crippen LogP contribution < -0.4 is 10.6 Å². The van der Waals surface area contributed by atoms with E-state index < -0.39 is 0 Å². The second kappa shape index (κ2) is 8.26. The summed E-state index contributed by atoms with van der Waals surface area (Å²) >= 11 is 0. The number of nitrogens with zero attached hydrogens (tertiary/aromatic N) is 2. The van der Waals surface area contributed by atoms with E-state index in [0.717, 1.165) is 64.6 Å². The summed E-state index contributed by atoms with van der Waals surface area (Å²) in [7, 11) is 0. The molecule has 0 saturated carbocycles. The number of hydrogen-bond donors (Lipinski definition) is 2. The fourth-order valence-electron chi connectivity index (χ4n) is 3.04. The topological polar surface area (TPSA) is 66.5 Å². The van der Waals surface area contributed by atoms with E-state index in [2.05, 4.69) is 15.6 Å². The number of ether oxygens (including phenoxy) is 1. The second-order valence-electron chi connectivity index (χ2n) is 6.31. The Morgan fingerprint density at radius 1 is 1.35 bits per heavy atom. The summed E-state index contributed by atoms with van der Waals surface area (Å²) < 4.78 is 5.54. The fraction of sp³-hybridized carbons (Fsp3) is 0.647. The Bertz CT molecular complexity index is 492. The molecule has 0 unspecified atom stereocenters. The van der Waals surface area contributed by atoms with E-state index >= 15 is 0 Å². The van der Waals surface area contributed by atoms with Crippen LogP contribution in [0.1, 0.15) is 29.6 Å². The van der Waals surface area contributed by atoms with Crippen LogP contribution in [0.4, 0.5) is 5.82 Å². The molecule has 0 bridgehead atoms. The van der Waals surface area contributed by atoms with Crippen LogP contribution in [0.15, 0.2) is 18.3 Å². The summed E-state index contributed by atoms with van der Waals surface area (Å²) in [4.78, 5) is 18.7. The van der Waals surface area contributed by atoms with E-state index in [1.54, 1.807) is 6.20 Å². The molecule has 6 nitrogen and oxygen atoms in total. The molecule has 23 heavy (non-hydrogen) atoms. The van der Waals surface area contributed by atoms with Crippen molar-refractivity contribution in [3.63, 3.8) is 0 Å². The number of likely N-dealkylation sites (tertiary alicyclic amines) is 1. The number of pyridine rings is 1. The highest BCUT2D eigenvalue weighted by Crippen LogP contribution is 2.14. The number of piperidine rings is 1. The first-order valence-electron chi connectivity index (χ1n) is 8.60. The molecule has 126 valence electrons. The molecule has 0 radical (unpaired) electrons. The summed E-state index contributed by atoms with van der Waals surface area (Å²) in [5, 5.41) is 6.69. The minimum absolute atomic E-state index is 0.102. The van der Waals surface area contributed by atoms with Crippen molar-refractivity contribution < 1.29 is 9.53 Å². The van der Waals surface area contributed by atoms with Crippen LogP contribution in [-0.4, -0.2) is 61.7 Å². The Kier molecular flexibility index (Phi) is 5.82. The molecule has 1 aromatic rings. The molecule has 0 aromatic carbocycles. The van der Waals surface area contributed by atoms with Crippen LogP contribution >= 0.6 is 0 Å². The van der Waals surface area contributed by atoms with Crippen molar-refractivity contribution >= 4 is 11.7 Å². The van der Waals surface area contributed by atoms with Crippen molar-refractivity contribution in [1.29, 1.82) is 0 Å². The zero-order valence-electron chi connectivity index (χ0n) is 13.6. The summed E-state index contributed by atoms with van der Waals surface area (Å²) in [5.74, 6) is 1.35. The number of carbonyl (C=O) groups is 1. The molecule has 2 aliphatic rings. The fourth-order valence-corrected chi connectivity index (χ4v) is 3.04. The highest BCUT2D eigenvalue weighted by Gasteiger charge is 2.18. The van der Waals surface area contributed by atoms with Crippen LogP contribution in [-0.2, 0) is 4.74 Å². The van der Waals surface area contributed by atoms with Crippen molar-refractivity contribution in [3.8, 4) is 0 Å². The summed E-state index contributed by atoms with van der Waals surface area (Å²) in [6, 6.07) is 3.76. The van der Waals surface area contributed by atoms with Gasteiger partial charge in [0.1, 0.15) is 5.82 Å². The Labute approximate surface area is 137 Å². The van der Waals surface area contributed by atoms with Gasteiger partial charge in [-0.15, -0.1) is 0 Å². The first-order valence-corrected chi connectivity index (χ1v) is 8.60. The van der Waals surface area contributed by atoms with Gasteiger partial charge in [-0.3, -0.25) is 4.79 Å². The largest absolute Gasteiger partial charge is 0.380 e. The first kappa shape index (κ1) is 16.2. The molecule has 1 atom stereocenters. The molecule has 2 saturated heterocycles. The van der Waals surface area contributed by atoms with Gasteiger partial charge in [0.2, 0.25) is 0 Å². The van der Waals surface area contributed by atoms with Gasteiger partial charge >= 0.3 is 0 Å². The smallest absolute Gasteiger partial charge is 0.255 e. The van der Waals surface area contributed by atoms with Crippen molar-refractivity contribution in [2.75, 3.05) is 51.3 Å². The zero-order chi connectivity index (χ0) is 15.9. The number of aromatic nitrogens is 1. The van der Waals surface area contributed by atoms with Crippen molar-refractivity contribution in [2.45, 2.75) is 19.3 Å². The average molecular weight is 318 g/mol. The third-order valence-electron chi connectivity index (χ3n) is 4.44. The van der Waals surface area contributed by atoms with E-state index in [4.69, 9.17) is 4.74 Å². The van der Waals surface area contributed by atoms with Gasteiger partial charge in [0.25, 0.3) is 5.91 Å². The maximum Gasteiger partial charge on any atom is 0.255 e. The maximum atomic E-state index is 12.4. The lowest BCUT2D eigenvalue weighted by atomic mass is 10.1. The summed E-state index contributed by atoms with van der Waals surface area (Å²) in [6.45, 7) is 5.98. The molecule has 2 fully saturated rings. The highest BCUT2D eigenvalue weighted by molar-refractivity contribution is 5.94.